The van der Waals surface area contributed by atoms with Crippen LogP contribution in [0.1, 0.15) is 59.3 Å². The van der Waals surface area contributed by atoms with Gasteiger partial charge in [-0.05, 0) is 43.4 Å². The first-order valence-corrected chi connectivity index (χ1v) is 8.43. The molecule has 0 bridgehead atoms. The van der Waals surface area contributed by atoms with Crippen LogP contribution in [0.3, 0.4) is 0 Å². The van der Waals surface area contributed by atoms with E-state index in [0.717, 1.165) is 12.8 Å². The molecule has 2 N–H and O–H groups in total. The molecule has 120 valence electrons. The van der Waals surface area contributed by atoms with E-state index >= 15 is 0 Å². The Kier molecular flexibility index (Phi) is 5.28. The first-order valence-electron chi connectivity index (χ1n) is 8.43. The van der Waals surface area contributed by atoms with Crippen molar-refractivity contribution >= 4 is 11.9 Å². The Morgan fingerprint density at radius 1 is 1.10 bits per heavy atom. The van der Waals surface area contributed by atoms with Gasteiger partial charge in [-0.1, -0.05) is 33.6 Å². The van der Waals surface area contributed by atoms with Crippen LogP contribution in [-0.4, -0.2) is 23.0 Å². The number of hydrogen-bond donors (Lipinski definition) is 2. The molecule has 2 fully saturated rings. The van der Waals surface area contributed by atoms with E-state index < -0.39 is 11.9 Å². The van der Waals surface area contributed by atoms with Crippen LogP contribution in [-0.2, 0) is 9.59 Å². The van der Waals surface area contributed by atoms with Crippen molar-refractivity contribution in [2.24, 2.45) is 29.6 Å². The molecule has 0 aliphatic heterocycles. The van der Waals surface area contributed by atoms with Crippen molar-refractivity contribution in [3.05, 3.63) is 0 Å². The van der Waals surface area contributed by atoms with Gasteiger partial charge in [0.1, 0.15) is 0 Å². The van der Waals surface area contributed by atoms with Crippen molar-refractivity contribution in [3.63, 3.8) is 0 Å². The average molecular weight is 295 g/mol. The van der Waals surface area contributed by atoms with E-state index in [0.29, 0.717) is 30.6 Å². The highest BCUT2D eigenvalue weighted by atomic mass is 16.4. The molecule has 0 radical (unpaired) electrons. The van der Waals surface area contributed by atoms with Gasteiger partial charge in [-0.2, -0.15) is 0 Å². The van der Waals surface area contributed by atoms with Gasteiger partial charge in [0.25, 0.3) is 0 Å². The maximum absolute atomic E-state index is 12.6. The van der Waals surface area contributed by atoms with Gasteiger partial charge in [0.2, 0.25) is 5.91 Å². The van der Waals surface area contributed by atoms with Crippen molar-refractivity contribution in [2.45, 2.75) is 65.3 Å². The standard InChI is InChI=1S/C17H29NO3/c1-10(2)12-6-4-5-7-15(12)18-16(19)13-8-11(3)9-14(13)17(20)21/h10-15H,4-9H2,1-3H3,(H,18,19)(H,20,21). The van der Waals surface area contributed by atoms with Crippen molar-refractivity contribution < 1.29 is 14.7 Å². The molecule has 0 heterocycles. The molecular formula is C17H29NO3. The molecule has 2 aliphatic rings. The fourth-order valence-electron chi connectivity index (χ4n) is 4.28. The summed E-state index contributed by atoms with van der Waals surface area (Å²) in [4.78, 5) is 23.9. The number of carbonyl (C=O) groups is 2. The zero-order chi connectivity index (χ0) is 15.6. The van der Waals surface area contributed by atoms with Crippen molar-refractivity contribution in [1.82, 2.24) is 5.32 Å². The number of carboxylic acid groups (broad SMARTS) is 1. The van der Waals surface area contributed by atoms with Crippen LogP contribution in [0, 0.1) is 29.6 Å². The lowest BCUT2D eigenvalue weighted by molar-refractivity contribution is -0.146. The van der Waals surface area contributed by atoms with E-state index in [-0.39, 0.29) is 17.9 Å². The van der Waals surface area contributed by atoms with Gasteiger partial charge in [0, 0.05) is 6.04 Å². The Bertz CT molecular complexity index is 393. The zero-order valence-electron chi connectivity index (χ0n) is 13.5. The van der Waals surface area contributed by atoms with E-state index in [1.54, 1.807) is 0 Å². The first kappa shape index (κ1) is 16.3. The van der Waals surface area contributed by atoms with Gasteiger partial charge in [0.15, 0.2) is 0 Å². The Hall–Kier alpha value is -1.06. The molecule has 4 heteroatoms. The highest BCUT2D eigenvalue weighted by Gasteiger charge is 2.42. The number of carboxylic acids is 1. The number of aliphatic carboxylic acids is 1. The van der Waals surface area contributed by atoms with E-state index in [1.165, 1.54) is 12.8 Å². The molecule has 0 aromatic rings. The molecule has 2 saturated carbocycles. The molecular weight excluding hydrogens is 266 g/mol. The van der Waals surface area contributed by atoms with Crippen LogP contribution >= 0.6 is 0 Å². The smallest absolute Gasteiger partial charge is 0.307 e. The average Bonchev–Trinajstić information content (AvgIpc) is 2.81. The Balaban J connectivity index is 2.01. The van der Waals surface area contributed by atoms with Gasteiger partial charge >= 0.3 is 5.97 Å². The zero-order valence-corrected chi connectivity index (χ0v) is 13.5. The summed E-state index contributed by atoms with van der Waals surface area (Å²) < 4.78 is 0. The predicted octanol–water partition coefficient (Wildman–Crippen LogP) is 3.06. The van der Waals surface area contributed by atoms with Crippen LogP contribution in [0.4, 0.5) is 0 Å². The normalized spacial score (nSPS) is 36.7. The summed E-state index contributed by atoms with van der Waals surface area (Å²) in [5.41, 5.74) is 0. The summed E-state index contributed by atoms with van der Waals surface area (Å²) in [6.45, 7) is 6.47. The lowest BCUT2D eigenvalue weighted by Crippen LogP contribution is -2.47. The Labute approximate surface area is 127 Å². The van der Waals surface area contributed by atoms with Crippen LogP contribution < -0.4 is 5.32 Å². The lowest BCUT2D eigenvalue weighted by atomic mass is 9.77. The second-order valence-corrected chi connectivity index (χ2v) is 7.44. The summed E-state index contributed by atoms with van der Waals surface area (Å²) >= 11 is 0. The molecule has 0 aromatic heterocycles. The number of hydrogen-bond acceptors (Lipinski definition) is 2. The quantitative estimate of drug-likeness (QED) is 0.837. The topological polar surface area (TPSA) is 66.4 Å². The fraction of sp³-hybridized carbons (Fsp3) is 0.882. The molecule has 21 heavy (non-hydrogen) atoms. The van der Waals surface area contributed by atoms with Gasteiger partial charge in [-0.15, -0.1) is 0 Å². The summed E-state index contributed by atoms with van der Waals surface area (Å²) in [6.07, 6.45) is 5.96. The number of amides is 1. The van der Waals surface area contributed by atoms with Crippen LogP contribution in [0.2, 0.25) is 0 Å². The molecule has 2 rings (SSSR count). The Morgan fingerprint density at radius 3 is 2.33 bits per heavy atom. The first-order chi connectivity index (χ1) is 9.90. The third-order valence-corrected chi connectivity index (χ3v) is 5.46. The third kappa shape index (κ3) is 3.78. The highest BCUT2D eigenvalue weighted by Crippen LogP contribution is 2.37. The number of nitrogens with one attached hydrogen (secondary N) is 1. The lowest BCUT2D eigenvalue weighted by Gasteiger charge is -2.35. The van der Waals surface area contributed by atoms with E-state index in [9.17, 15) is 14.7 Å². The van der Waals surface area contributed by atoms with Crippen molar-refractivity contribution in [1.29, 1.82) is 0 Å². The molecule has 4 nitrogen and oxygen atoms in total. The molecule has 2 aliphatic carbocycles. The Morgan fingerprint density at radius 2 is 1.71 bits per heavy atom. The second-order valence-electron chi connectivity index (χ2n) is 7.44. The minimum atomic E-state index is -0.816. The molecule has 5 atom stereocenters. The molecule has 0 saturated heterocycles. The summed E-state index contributed by atoms with van der Waals surface area (Å²) in [5.74, 6) is -0.256. The van der Waals surface area contributed by atoms with Crippen LogP contribution in [0.5, 0.6) is 0 Å². The van der Waals surface area contributed by atoms with Gasteiger partial charge in [0.05, 0.1) is 11.8 Å². The number of rotatable bonds is 4. The van der Waals surface area contributed by atoms with Gasteiger partial charge in [-0.25, -0.2) is 0 Å². The minimum Gasteiger partial charge on any atom is -0.481 e. The second kappa shape index (κ2) is 6.80. The summed E-state index contributed by atoms with van der Waals surface area (Å²) in [5, 5.41) is 12.5. The van der Waals surface area contributed by atoms with Crippen molar-refractivity contribution in [2.75, 3.05) is 0 Å². The van der Waals surface area contributed by atoms with Crippen LogP contribution in [0.25, 0.3) is 0 Å². The maximum Gasteiger partial charge on any atom is 0.307 e. The van der Waals surface area contributed by atoms with E-state index in [2.05, 4.69) is 19.2 Å². The highest BCUT2D eigenvalue weighted by molar-refractivity contribution is 5.85. The molecule has 0 aromatic carbocycles. The van der Waals surface area contributed by atoms with Gasteiger partial charge in [-0.3, -0.25) is 9.59 Å². The molecule has 5 unspecified atom stereocenters. The number of carbonyl (C=O) groups excluding carboxylic acids is 1. The van der Waals surface area contributed by atoms with Crippen LogP contribution in [0.15, 0.2) is 0 Å². The molecule has 0 spiro atoms. The summed E-state index contributed by atoms with van der Waals surface area (Å²) in [6, 6.07) is 0.233. The summed E-state index contributed by atoms with van der Waals surface area (Å²) in [7, 11) is 0. The SMILES string of the molecule is CC1CC(C(=O)O)C(C(=O)NC2CCCCC2C(C)C)C1. The van der Waals surface area contributed by atoms with Crippen molar-refractivity contribution in [3.8, 4) is 0 Å². The fourth-order valence-corrected chi connectivity index (χ4v) is 4.28. The van der Waals surface area contributed by atoms with Gasteiger partial charge < -0.3 is 10.4 Å². The van der Waals surface area contributed by atoms with E-state index in [4.69, 9.17) is 0 Å². The third-order valence-electron chi connectivity index (χ3n) is 5.46. The predicted molar refractivity (Wildman–Crippen MR) is 81.7 cm³/mol. The largest absolute Gasteiger partial charge is 0.481 e. The monoisotopic (exact) mass is 295 g/mol. The molecule has 1 amide bonds. The minimum absolute atomic E-state index is 0.0238. The van der Waals surface area contributed by atoms with E-state index in [1.807, 2.05) is 6.92 Å². The maximum atomic E-state index is 12.6.